The fourth-order valence-electron chi connectivity index (χ4n) is 2.17. The molecule has 0 fully saturated rings. The number of hydrogen-bond acceptors (Lipinski definition) is 5. The SMILES string of the molecule is Cc1ccc(N/N=C/c2ccc(OC(=O)c3cccs3)cc2)cc1C. The number of hydrazone groups is 1. The summed E-state index contributed by atoms with van der Waals surface area (Å²) in [7, 11) is 0. The zero-order valence-electron chi connectivity index (χ0n) is 14.0. The van der Waals surface area contributed by atoms with E-state index in [4.69, 9.17) is 4.74 Å². The highest BCUT2D eigenvalue weighted by molar-refractivity contribution is 7.12. The molecule has 0 aliphatic carbocycles. The third-order valence-corrected chi connectivity index (χ3v) is 4.58. The number of carbonyl (C=O) groups is 1. The minimum Gasteiger partial charge on any atom is -0.422 e. The van der Waals surface area contributed by atoms with Gasteiger partial charge in [0.05, 0.1) is 11.9 Å². The predicted molar refractivity (Wildman–Crippen MR) is 103 cm³/mol. The van der Waals surface area contributed by atoms with Crippen LogP contribution in [-0.4, -0.2) is 12.2 Å². The number of ether oxygens (including phenoxy) is 1. The van der Waals surface area contributed by atoms with Crippen LogP contribution in [0.25, 0.3) is 0 Å². The Hall–Kier alpha value is -2.92. The summed E-state index contributed by atoms with van der Waals surface area (Å²) in [5, 5.41) is 6.08. The highest BCUT2D eigenvalue weighted by Crippen LogP contribution is 2.17. The van der Waals surface area contributed by atoms with Crippen molar-refractivity contribution >= 4 is 29.2 Å². The van der Waals surface area contributed by atoms with Gasteiger partial charge in [0, 0.05) is 0 Å². The molecule has 0 saturated heterocycles. The zero-order chi connectivity index (χ0) is 17.6. The second-order valence-electron chi connectivity index (χ2n) is 5.60. The number of benzene rings is 2. The van der Waals surface area contributed by atoms with E-state index < -0.39 is 0 Å². The fourth-order valence-corrected chi connectivity index (χ4v) is 2.77. The lowest BCUT2D eigenvalue weighted by Crippen LogP contribution is -2.06. The summed E-state index contributed by atoms with van der Waals surface area (Å²) >= 11 is 1.36. The Morgan fingerprint density at radius 3 is 2.56 bits per heavy atom. The maximum Gasteiger partial charge on any atom is 0.353 e. The molecule has 0 aliphatic rings. The first-order valence-electron chi connectivity index (χ1n) is 7.84. The summed E-state index contributed by atoms with van der Waals surface area (Å²) in [4.78, 5) is 12.5. The van der Waals surface area contributed by atoms with Crippen molar-refractivity contribution in [2.45, 2.75) is 13.8 Å². The molecular weight excluding hydrogens is 332 g/mol. The first-order chi connectivity index (χ1) is 12.1. The summed E-state index contributed by atoms with van der Waals surface area (Å²) < 4.78 is 5.32. The second kappa shape index (κ2) is 7.77. The molecule has 126 valence electrons. The van der Waals surface area contributed by atoms with Crippen LogP contribution in [0.4, 0.5) is 5.69 Å². The number of hydrogen-bond donors (Lipinski definition) is 1. The molecule has 0 saturated carbocycles. The smallest absolute Gasteiger partial charge is 0.353 e. The van der Waals surface area contributed by atoms with E-state index in [9.17, 15) is 4.79 Å². The molecule has 1 N–H and O–H groups in total. The van der Waals surface area contributed by atoms with Crippen molar-refractivity contribution in [3.63, 3.8) is 0 Å². The van der Waals surface area contributed by atoms with Crippen LogP contribution in [0.3, 0.4) is 0 Å². The Morgan fingerprint density at radius 2 is 1.88 bits per heavy atom. The lowest BCUT2D eigenvalue weighted by atomic mass is 10.1. The molecule has 2 aromatic carbocycles. The Morgan fingerprint density at radius 1 is 1.08 bits per heavy atom. The van der Waals surface area contributed by atoms with Crippen molar-refractivity contribution in [3.8, 4) is 5.75 Å². The van der Waals surface area contributed by atoms with Gasteiger partial charge >= 0.3 is 5.97 Å². The number of rotatable bonds is 5. The van der Waals surface area contributed by atoms with Gasteiger partial charge in [0.15, 0.2) is 0 Å². The Labute approximate surface area is 150 Å². The average molecular weight is 350 g/mol. The van der Waals surface area contributed by atoms with E-state index in [0.29, 0.717) is 10.6 Å². The topological polar surface area (TPSA) is 50.7 Å². The number of nitrogens with one attached hydrogen (secondary N) is 1. The van der Waals surface area contributed by atoms with Gasteiger partial charge in [-0.25, -0.2) is 4.79 Å². The van der Waals surface area contributed by atoms with E-state index in [-0.39, 0.29) is 5.97 Å². The predicted octanol–water partition coefficient (Wildman–Crippen LogP) is 5.03. The Kier molecular flexibility index (Phi) is 5.26. The molecule has 1 aromatic heterocycles. The van der Waals surface area contributed by atoms with Crippen LogP contribution in [0.15, 0.2) is 65.1 Å². The maximum absolute atomic E-state index is 11.9. The molecule has 1 heterocycles. The van der Waals surface area contributed by atoms with Crippen molar-refractivity contribution in [1.82, 2.24) is 0 Å². The van der Waals surface area contributed by atoms with Gasteiger partial charge in [-0.3, -0.25) is 5.43 Å². The molecule has 25 heavy (non-hydrogen) atoms. The van der Waals surface area contributed by atoms with E-state index in [0.717, 1.165) is 11.3 Å². The third kappa shape index (κ3) is 4.55. The molecule has 4 nitrogen and oxygen atoms in total. The van der Waals surface area contributed by atoms with E-state index in [1.54, 1.807) is 24.4 Å². The number of aryl methyl sites for hydroxylation is 2. The molecule has 0 radical (unpaired) electrons. The molecule has 0 unspecified atom stereocenters. The van der Waals surface area contributed by atoms with Crippen molar-refractivity contribution in [3.05, 3.63) is 81.5 Å². The second-order valence-corrected chi connectivity index (χ2v) is 6.55. The number of carbonyl (C=O) groups excluding carboxylic acids is 1. The van der Waals surface area contributed by atoms with Crippen LogP contribution in [-0.2, 0) is 0 Å². The van der Waals surface area contributed by atoms with Crippen LogP contribution in [0, 0.1) is 13.8 Å². The summed E-state index contributed by atoms with van der Waals surface area (Å²) in [6.07, 6.45) is 1.72. The van der Waals surface area contributed by atoms with Crippen molar-refractivity contribution in [1.29, 1.82) is 0 Å². The largest absolute Gasteiger partial charge is 0.422 e. The third-order valence-electron chi connectivity index (χ3n) is 3.73. The number of anilines is 1. The lowest BCUT2D eigenvalue weighted by Gasteiger charge is -2.04. The monoisotopic (exact) mass is 350 g/mol. The molecule has 0 spiro atoms. The van der Waals surface area contributed by atoms with Crippen LogP contribution in [0.5, 0.6) is 5.75 Å². The Balaban J connectivity index is 1.58. The first-order valence-corrected chi connectivity index (χ1v) is 8.72. The molecule has 0 amide bonds. The van der Waals surface area contributed by atoms with Gasteiger partial charge in [-0.15, -0.1) is 11.3 Å². The van der Waals surface area contributed by atoms with E-state index in [1.807, 2.05) is 29.6 Å². The first kappa shape index (κ1) is 16.9. The summed E-state index contributed by atoms with van der Waals surface area (Å²) in [6, 6.07) is 16.9. The normalized spacial score (nSPS) is 10.8. The van der Waals surface area contributed by atoms with Crippen molar-refractivity contribution in [2.75, 3.05) is 5.43 Å². The van der Waals surface area contributed by atoms with Gasteiger partial charge in [-0.1, -0.05) is 12.1 Å². The van der Waals surface area contributed by atoms with Crippen LogP contribution >= 0.6 is 11.3 Å². The van der Waals surface area contributed by atoms with Gasteiger partial charge in [0.25, 0.3) is 0 Å². The van der Waals surface area contributed by atoms with Crippen molar-refractivity contribution < 1.29 is 9.53 Å². The average Bonchev–Trinajstić information content (AvgIpc) is 3.14. The molecule has 0 bridgehead atoms. The van der Waals surface area contributed by atoms with E-state index >= 15 is 0 Å². The molecule has 3 aromatic rings. The molecule has 0 atom stereocenters. The quantitative estimate of drug-likeness (QED) is 0.304. The van der Waals surface area contributed by atoms with Crippen LogP contribution in [0.2, 0.25) is 0 Å². The fraction of sp³-hybridized carbons (Fsp3) is 0.100. The summed E-state index contributed by atoms with van der Waals surface area (Å²) in [5.41, 5.74) is 7.34. The number of thiophene rings is 1. The van der Waals surface area contributed by atoms with Crippen LogP contribution < -0.4 is 10.2 Å². The van der Waals surface area contributed by atoms with Gasteiger partial charge in [-0.05, 0) is 78.4 Å². The lowest BCUT2D eigenvalue weighted by molar-refractivity contribution is 0.0740. The minimum atomic E-state index is -0.340. The standard InChI is InChI=1S/C20H18N2O2S/c1-14-5-8-17(12-15(14)2)22-21-13-16-6-9-18(10-7-16)24-20(23)19-4-3-11-25-19/h3-13,22H,1-2H3/b21-13+. The van der Waals surface area contributed by atoms with Gasteiger partial charge < -0.3 is 4.74 Å². The Bertz CT molecular complexity index is 885. The summed E-state index contributed by atoms with van der Waals surface area (Å²) in [5.74, 6) is 0.172. The maximum atomic E-state index is 11.9. The summed E-state index contributed by atoms with van der Waals surface area (Å²) in [6.45, 7) is 4.15. The highest BCUT2D eigenvalue weighted by Gasteiger charge is 2.08. The number of esters is 1. The van der Waals surface area contributed by atoms with Gasteiger partial charge in [-0.2, -0.15) is 5.10 Å². The van der Waals surface area contributed by atoms with Crippen molar-refractivity contribution in [2.24, 2.45) is 5.10 Å². The van der Waals surface area contributed by atoms with E-state index in [2.05, 4.69) is 36.5 Å². The molecular formula is C20H18N2O2S. The molecule has 0 aliphatic heterocycles. The van der Waals surface area contributed by atoms with E-state index in [1.165, 1.54) is 22.5 Å². The number of nitrogens with zero attached hydrogens (tertiary/aromatic N) is 1. The zero-order valence-corrected chi connectivity index (χ0v) is 14.8. The molecule has 5 heteroatoms. The van der Waals surface area contributed by atoms with Gasteiger partial charge in [0.2, 0.25) is 0 Å². The van der Waals surface area contributed by atoms with Crippen LogP contribution in [0.1, 0.15) is 26.4 Å². The van der Waals surface area contributed by atoms with Gasteiger partial charge in [0.1, 0.15) is 10.6 Å². The molecule has 3 rings (SSSR count). The minimum absolute atomic E-state index is 0.340. The highest BCUT2D eigenvalue weighted by atomic mass is 32.1.